The standard InChI is InChI=1S/C12H23NO3/c1-4-10-9-12(13-5-2,7-8-16-10)11(14)15-6-3/h10,13H,4-9H2,1-3H3. The van der Waals surface area contributed by atoms with E-state index < -0.39 is 5.54 Å². The molecular formula is C12H23NO3. The van der Waals surface area contributed by atoms with E-state index in [1.165, 1.54) is 0 Å². The van der Waals surface area contributed by atoms with Crippen LogP contribution in [0.3, 0.4) is 0 Å². The third-order valence-electron chi connectivity index (χ3n) is 3.10. The molecule has 16 heavy (non-hydrogen) atoms. The lowest BCUT2D eigenvalue weighted by Gasteiger charge is -2.39. The first-order chi connectivity index (χ1) is 7.68. The molecule has 94 valence electrons. The van der Waals surface area contributed by atoms with E-state index in [1.807, 2.05) is 13.8 Å². The second-order valence-corrected chi connectivity index (χ2v) is 4.19. The summed E-state index contributed by atoms with van der Waals surface area (Å²) in [5, 5.41) is 3.29. The molecule has 0 aromatic rings. The molecule has 4 nitrogen and oxygen atoms in total. The van der Waals surface area contributed by atoms with E-state index in [4.69, 9.17) is 9.47 Å². The SMILES string of the molecule is CCNC1(C(=O)OCC)CCOC(CC)C1. The molecule has 1 saturated heterocycles. The monoisotopic (exact) mass is 229 g/mol. The van der Waals surface area contributed by atoms with E-state index in [0.717, 1.165) is 19.4 Å². The number of carbonyl (C=O) groups is 1. The number of carbonyl (C=O) groups excluding carboxylic acids is 1. The van der Waals surface area contributed by atoms with Crippen LogP contribution in [0.15, 0.2) is 0 Å². The molecule has 1 rings (SSSR count). The van der Waals surface area contributed by atoms with Gasteiger partial charge in [-0.2, -0.15) is 0 Å². The van der Waals surface area contributed by atoms with Crippen molar-refractivity contribution in [3.8, 4) is 0 Å². The summed E-state index contributed by atoms with van der Waals surface area (Å²) in [5.74, 6) is -0.126. The Labute approximate surface area is 97.7 Å². The highest BCUT2D eigenvalue weighted by Gasteiger charge is 2.43. The average Bonchev–Trinajstić information content (AvgIpc) is 2.30. The first-order valence-corrected chi connectivity index (χ1v) is 6.22. The van der Waals surface area contributed by atoms with Gasteiger partial charge in [0.1, 0.15) is 5.54 Å². The molecule has 0 spiro atoms. The smallest absolute Gasteiger partial charge is 0.326 e. The zero-order chi connectivity index (χ0) is 12.0. The van der Waals surface area contributed by atoms with Crippen LogP contribution < -0.4 is 5.32 Å². The Morgan fingerprint density at radius 3 is 2.81 bits per heavy atom. The third kappa shape index (κ3) is 2.95. The molecule has 0 saturated carbocycles. The number of ether oxygens (including phenoxy) is 2. The third-order valence-corrected chi connectivity index (χ3v) is 3.10. The number of hydrogen-bond donors (Lipinski definition) is 1. The van der Waals surface area contributed by atoms with E-state index in [0.29, 0.717) is 19.6 Å². The molecule has 0 radical (unpaired) electrons. The molecule has 1 fully saturated rings. The molecule has 0 amide bonds. The Bertz CT molecular complexity index is 228. The zero-order valence-electron chi connectivity index (χ0n) is 10.5. The molecule has 0 aromatic carbocycles. The molecule has 1 N–H and O–H groups in total. The van der Waals surface area contributed by atoms with Gasteiger partial charge < -0.3 is 14.8 Å². The Hall–Kier alpha value is -0.610. The molecule has 1 aliphatic heterocycles. The van der Waals surface area contributed by atoms with Crippen molar-refractivity contribution in [2.75, 3.05) is 19.8 Å². The van der Waals surface area contributed by atoms with E-state index in [1.54, 1.807) is 0 Å². The van der Waals surface area contributed by atoms with Crippen molar-refractivity contribution in [3.05, 3.63) is 0 Å². The number of hydrogen-bond acceptors (Lipinski definition) is 4. The van der Waals surface area contributed by atoms with Crippen LogP contribution in [0.1, 0.15) is 40.0 Å². The maximum absolute atomic E-state index is 12.0. The minimum atomic E-state index is -0.524. The number of likely N-dealkylation sites (N-methyl/N-ethyl adjacent to an activating group) is 1. The first-order valence-electron chi connectivity index (χ1n) is 6.22. The van der Waals surface area contributed by atoms with Crippen molar-refractivity contribution in [2.45, 2.75) is 51.7 Å². The summed E-state index contributed by atoms with van der Waals surface area (Å²) in [6, 6.07) is 0. The van der Waals surface area contributed by atoms with E-state index in [9.17, 15) is 4.79 Å². The fourth-order valence-corrected chi connectivity index (χ4v) is 2.24. The van der Waals surface area contributed by atoms with Gasteiger partial charge in [-0.05, 0) is 26.3 Å². The van der Waals surface area contributed by atoms with Gasteiger partial charge in [0.05, 0.1) is 12.7 Å². The normalized spacial score (nSPS) is 30.1. The van der Waals surface area contributed by atoms with Crippen LogP contribution >= 0.6 is 0 Å². The molecule has 0 aliphatic carbocycles. The van der Waals surface area contributed by atoms with E-state index >= 15 is 0 Å². The summed E-state index contributed by atoms with van der Waals surface area (Å²) < 4.78 is 10.8. The van der Waals surface area contributed by atoms with Gasteiger partial charge in [-0.25, -0.2) is 0 Å². The Balaban J connectivity index is 2.73. The zero-order valence-corrected chi connectivity index (χ0v) is 10.5. The van der Waals surface area contributed by atoms with Gasteiger partial charge >= 0.3 is 5.97 Å². The van der Waals surface area contributed by atoms with Gasteiger partial charge in [0, 0.05) is 13.0 Å². The molecule has 0 bridgehead atoms. The number of nitrogens with one attached hydrogen (secondary N) is 1. The van der Waals surface area contributed by atoms with Crippen LogP contribution in [0.5, 0.6) is 0 Å². The predicted octanol–water partition coefficient (Wildman–Crippen LogP) is 1.49. The number of esters is 1. The van der Waals surface area contributed by atoms with E-state index in [2.05, 4.69) is 12.2 Å². The van der Waals surface area contributed by atoms with Crippen molar-refractivity contribution < 1.29 is 14.3 Å². The summed E-state index contributed by atoms with van der Waals surface area (Å²) in [4.78, 5) is 12.0. The molecule has 2 unspecified atom stereocenters. The lowest BCUT2D eigenvalue weighted by atomic mass is 9.85. The van der Waals surface area contributed by atoms with Crippen LogP contribution in [0.2, 0.25) is 0 Å². The van der Waals surface area contributed by atoms with Gasteiger partial charge in [-0.3, -0.25) is 4.79 Å². The minimum Gasteiger partial charge on any atom is -0.465 e. The number of rotatable bonds is 5. The van der Waals surface area contributed by atoms with Crippen LogP contribution in [-0.4, -0.2) is 37.4 Å². The van der Waals surface area contributed by atoms with Gasteiger partial charge in [0.15, 0.2) is 0 Å². The Morgan fingerprint density at radius 2 is 2.25 bits per heavy atom. The van der Waals surface area contributed by atoms with Gasteiger partial charge in [0.25, 0.3) is 0 Å². The highest BCUT2D eigenvalue weighted by atomic mass is 16.5. The quantitative estimate of drug-likeness (QED) is 0.726. The summed E-state index contributed by atoms with van der Waals surface area (Å²) in [5.41, 5.74) is -0.524. The molecule has 1 aliphatic rings. The lowest BCUT2D eigenvalue weighted by Crippen LogP contribution is -2.58. The lowest BCUT2D eigenvalue weighted by molar-refractivity contribution is -0.158. The van der Waals surface area contributed by atoms with Crippen LogP contribution in [0.4, 0.5) is 0 Å². The topological polar surface area (TPSA) is 47.6 Å². The molecule has 0 aromatic heterocycles. The van der Waals surface area contributed by atoms with Crippen LogP contribution in [-0.2, 0) is 14.3 Å². The summed E-state index contributed by atoms with van der Waals surface area (Å²) in [7, 11) is 0. The van der Waals surface area contributed by atoms with Crippen LogP contribution in [0, 0.1) is 0 Å². The largest absolute Gasteiger partial charge is 0.465 e. The molecule has 4 heteroatoms. The van der Waals surface area contributed by atoms with Crippen molar-refractivity contribution in [1.29, 1.82) is 0 Å². The Kier molecular flexibility index (Phi) is 5.22. The first kappa shape index (κ1) is 13.5. The second-order valence-electron chi connectivity index (χ2n) is 4.19. The summed E-state index contributed by atoms with van der Waals surface area (Å²) >= 11 is 0. The molecule has 1 heterocycles. The van der Waals surface area contributed by atoms with Gasteiger partial charge in [-0.1, -0.05) is 13.8 Å². The van der Waals surface area contributed by atoms with Crippen molar-refractivity contribution in [3.63, 3.8) is 0 Å². The fraction of sp³-hybridized carbons (Fsp3) is 0.917. The summed E-state index contributed by atoms with van der Waals surface area (Å²) in [6.07, 6.45) is 2.52. The maximum atomic E-state index is 12.0. The molecular weight excluding hydrogens is 206 g/mol. The second kappa shape index (κ2) is 6.21. The highest BCUT2D eigenvalue weighted by molar-refractivity contribution is 5.81. The van der Waals surface area contributed by atoms with Gasteiger partial charge in [-0.15, -0.1) is 0 Å². The Morgan fingerprint density at radius 1 is 1.50 bits per heavy atom. The minimum absolute atomic E-state index is 0.126. The average molecular weight is 229 g/mol. The highest BCUT2D eigenvalue weighted by Crippen LogP contribution is 2.27. The van der Waals surface area contributed by atoms with E-state index in [-0.39, 0.29) is 12.1 Å². The maximum Gasteiger partial charge on any atom is 0.326 e. The fourth-order valence-electron chi connectivity index (χ4n) is 2.24. The summed E-state index contributed by atoms with van der Waals surface area (Å²) in [6.45, 7) is 7.77. The van der Waals surface area contributed by atoms with Crippen molar-refractivity contribution in [2.24, 2.45) is 0 Å². The van der Waals surface area contributed by atoms with Crippen molar-refractivity contribution >= 4 is 5.97 Å². The molecule has 2 atom stereocenters. The van der Waals surface area contributed by atoms with Crippen LogP contribution in [0.25, 0.3) is 0 Å². The van der Waals surface area contributed by atoms with Crippen molar-refractivity contribution in [1.82, 2.24) is 5.32 Å². The van der Waals surface area contributed by atoms with Gasteiger partial charge in [0.2, 0.25) is 0 Å². The predicted molar refractivity (Wildman–Crippen MR) is 62.3 cm³/mol.